The zero-order chi connectivity index (χ0) is 74.9. The van der Waals surface area contributed by atoms with Gasteiger partial charge in [0, 0.05) is 82.9 Å². The third-order valence-electron chi connectivity index (χ3n) is 13.3. The van der Waals surface area contributed by atoms with Gasteiger partial charge in [0.2, 0.25) is 23.8 Å². The van der Waals surface area contributed by atoms with Crippen LogP contribution in [0.5, 0.6) is 0 Å². The molecule has 8 rings (SSSR count). The minimum Gasteiger partial charge on any atom is -0.264 e. The van der Waals surface area contributed by atoms with Gasteiger partial charge in [0.25, 0.3) is 0 Å². The Balaban J connectivity index is -0.0000000926. The molecule has 0 aliphatic heterocycles. The first-order valence-corrected chi connectivity index (χ1v) is 31.9. The molecule has 0 N–H and O–H groups in total. The Morgan fingerprint density at radius 1 is 0.302 bits per heavy atom. The van der Waals surface area contributed by atoms with E-state index in [1.165, 1.54) is 79.1 Å². The lowest BCUT2D eigenvalue weighted by Crippen LogP contribution is -2.14. The maximum absolute atomic E-state index is 13.0. The van der Waals surface area contributed by atoms with Crippen LogP contribution < -0.4 is 0 Å². The van der Waals surface area contributed by atoms with E-state index in [1.54, 1.807) is 36.7 Å². The van der Waals surface area contributed by atoms with Gasteiger partial charge in [-0.05, 0) is 121 Å². The Morgan fingerprint density at radius 2 is 0.755 bits per heavy atom. The summed E-state index contributed by atoms with van der Waals surface area (Å²) in [7, 11) is 0.500. The molecule has 8 nitrogen and oxygen atoms in total. The quantitative estimate of drug-likeness (QED) is 0.0910. The van der Waals surface area contributed by atoms with Gasteiger partial charge in [0.05, 0.1) is 13.9 Å². The maximum atomic E-state index is 13.0. The molecular formula is C89H153F9N8. The minimum atomic E-state index is -0.669. The van der Waals surface area contributed by atoms with E-state index in [1.807, 2.05) is 158 Å². The van der Waals surface area contributed by atoms with Gasteiger partial charge in [-0.25, -0.2) is 38.7 Å². The molecule has 0 bridgehead atoms. The van der Waals surface area contributed by atoms with Crippen molar-refractivity contribution in [2.45, 2.75) is 311 Å². The number of benzene rings is 1. The highest BCUT2D eigenvalue weighted by molar-refractivity contribution is 5.24. The lowest BCUT2D eigenvalue weighted by Gasteiger charge is -2.18. The van der Waals surface area contributed by atoms with E-state index >= 15 is 0 Å². The number of halogens is 9. The lowest BCUT2D eigenvalue weighted by atomic mass is 9.87. The Kier molecular flexibility index (Phi) is 67.1. The van der Waals surface area contributed by atoms with Crippen molar-refractivity contribution in [1.82, 2.24) is 39.9 Å². The molecule has 17 heteroatoms. The molecular weight excluding hydrogens is 1340 g/mol. The van der Waals surface area contributed by atoms with Gasteiger partial charge in [0.15, 0.2) is 0 Å². The predicted molar refractivity (Wildman–Crippen MR) is 448 cm³/mol. The standard InChI is InChI=1S/C10H14.6C9H12FN.C8H11FN2.C6H13F.CH3F.10CH4/c1-10(2,3)9-7-5-4-6-8-9;1-9(2,3)7-6-11-5-4-8(7)10;1-9(2,3)8-6-7(10)4-5-11-8;1-9(2,3)7-4-5-11-8(10)6-7;1-9(2,3)7-4-5-8(10)11-6-7;1-9(2,3)7-5-4-6-11-8(7)10;1-9(2,3)7-5-4-6-8(10)11-7;1-8(2,3)6-4-10-7(9)11-5-6;1-6(2,3)4-5-7;1-2;;;;;;;;;;/h4-8H,1-3H3;6*4-6H,1-3H3;4-5H,1-3H3;4-5H2,1-3H3;1H3;10*1H4/i;6*10-1;9-1;7-1;2-1;;;;;;;;;;. The monoisotopic (exact) mass is 1500 g/mol. The maximum Gasteiger partial charge on any atom is 0.308 e. The first kappa shape index (κ1) is 125. The van der Waals surface area contributed by atoms with Crippen molar-refractivity contribution in [3.05, 3.63) is 239 Å². The number of hydrogen-bond acceptors (Lipinski definition) is 8. The zero-order valence-corrected chi connectivity index (χ0v) is 62.8. The molecule has 0 aliphatic carbocycles. The fourth-order valence-electron chi connectivity index (χ4n) is 7.13. The third-order valence-corrected chi connectivity index (χ3v) is 13.3. The summed E-state index contributed by atoms with van der Waals surface area (Å²) in [5, 5.41) is 0. The summed E-state index contributed by atoms with van der Waals surface area (Å²) in [4.78, 5) is 29.3. The Bertz CT molecular complexity index is 3130. The van der Waals surface area contributed by atoms with Crippen LogP contribution in [0.4, 0.5) is 39.5 Å². The molecule has 1 aromatic carbocycles. The minimum absolute atomic E-state index is 0. The zero-order valence-electron chi connectivity index (χ0n) is 62.8. The molecule has 8 aromatic rings. The number of rotatable bonds is 1. The second-order valence-corrected chi connectivity index (χ2v) is 31.7. The number of alkyl halides is 2. The fourth-order valence-corrected chi connectivity index (χ4v) is 7.13. The summed E-state index contributed by atoms with van der Waals surface area (Å²) >= 11 is 0. The van der Waals surface area contributed by atoms with E-state index in [2.05, 4.69) is 112 Å². The summed E-state index contributed by atoms with van der Waals surface area (Å²) in [6.07, 6.45) is 12.1. The SMILES string of the molecule is C.C.C.C.C.C.C.C.C.C.CC(C)(C)CC[18F].CC(C)(C)c1cc([18F])ccn1.CC(C)(C)c1ccc([18F])nc1.CC(C)(C)c1cccc([18F])n1.CC(C)(C)c1ccccc1.CC(C)(C)c1cccnc1[18F].CC(C)(C)c1ccnc([18F])c1.CC(C)(C)c1cnc([18F])nc1.CC(C)(C)c1cnccc1[18F].C[18F]. The molecule has 7 aromatic heterocycles. The Morgan fingerprint density at radius 3 is 1.05 bits per heavy atom. The van der Waals surface area contributed by atoms with Crippen LogP contribution in [0.25, 0.3) is 0 Å². The Labute approximate surface area is 645 Å². The van der Waals surface area contributed by atoms with Gasteiger partial charge in [-0.3, -0.25) is 18.7 Å². The van der Waals surface area contributed by atoms with Crippen LogP contribution in [0, 0.1) is 46.9 Å². The van der Waals surface area contributed by atoms with Gasteiger partial charge in [-0.15, -0.1) is 0 Å². The number of aromatic nitrogens is 8. The largest absolute Gasteiger partial charge is 0.308 e. The van der Waals surface area contributed by atoms with E-state index in [0.717, 1.165) is 28.1 Å². The summed E-state index contributed by atoms with van der Waals surface area (Å²) in [6, 6.07) is 29.6. The van der Waals surface area contributed by atoms with E-state index in [4.69, 9.17) is 0 Å². The molecule has 612 valence electrons. The molecule has 0 atom stereocenters. The number of pyridine rings is 6. The van der Waals surface area contributed by atoms with Gasteiger partial charge in [0.1, 0.15) is 11.6 Å². The first-order chi connectivity index (χ1) is 43.7. The predicted octanol–water partition coefficient (Wildman–Crippen LogP) is 29.3. The van der Waals surface area contributed by atoms with Crippen molar-refractivity contribution in [3.63, 3.8) is 0 Å². The highest BCUT2D eigenvalue weighted by Crippen LogP contribution is 2.27. The van der Waals surface area contributed by atoms with Gasteiger partial charge >= 0.3 is 6.08 Å². The number of hydrogen-bond donors (Lipinski definition) is 0. The Hall–Kier alpha value is -7.43. The average Bonchev–Trinajstić information content (AvgIpc) is 0.876. The normalized spacial score (nSPS) is 10.4. The third kappa shape index (κ3) is 56.8. The van der Waals surface area contributed by atoms with Crippen molar-refractivity contribution >= 4 is 0 Å². The van der Waals surface area contributed by atoms with Crippen LogP contribution in [0.1, 0.15) is 312 Å². The van der Waals surface area contributed by atoms with Gasteiger partial charge in [-0.1, -0.05) is 310 Å². The van der Waals surface area contributed by atoms with Crippen LogP contribution in [0.2, 0.25) is 0 Å². The van der Waals surface area contributed by atoms with Crippen LogP contribution in [-0.2, 0) is 43.3 Å². The second kappa shape index (κ2) is 56.8. The molecule has 0 unspecified atom stereocenters. The molecule has 0 saturated carbocycles. The van der Waals surface area contributed by atoms with E-state index in [0.29, 0.717) is 30.1 Å². The topological polar surface area (TPSA) is 103 Å². The molecule has 106 heavy (non-hydrogen) atoms. The fraction of sp³-hybridized carbons (Fsp3) is 0.551. The molecule has 0 fully saturated rings. The summed E-state index contributed by atoms with van der Waals surface area (Å²) in [5.74, 6) is -1.98. The molecule has 0 spiro atoms. The van der Waals surface area contributed by atoms with Crippen molar-refractivity contribution in [1.29, 1.82) is 0 Å². The number of nitrogens with zero attached hydrogens (tertiary/aromatic N) is 8. The van der Waals surface area contributed by atoms with E-state index in [-0.39, 0.29) is 142 Å². The summed E-state index contributed by atoms with van der Waals surface area (Å²) < 4.78 is 109. The molecule has 0 aliphatic rings. The van der Waals surface area contributed by atoms with Crippen molar-refractivity contribution in [3.8, 4) is 0 Å². The van der Waals surface area contributed by atoms with E-state index < -0.39 is 23.9 Å². The lowest BCUT2D eigenvalue weighted by molar-refractivity contribution is 0.316. The van der Waals surface area contributed by atoms with Gasteiger partial charge in [-0.2, -0.15) is 22.0 Å². The van der Waals surface area contributed by atoms with Crippen LogP contribution in [0.15, 0.2) is 153 Å². The van der Waals surface area contributed by atoms with Gasteiger partial charge < -0.3 is 0 Å². The molecule has 0 amide bonds. The smallest absolute Gasteiger partial charge is 0.264 e. The van der Waals surface area contributed by atoms with Crippen LogP contribution in [0.3, 0.4) is 0 Å². The molecule has 7 heterocycles. The molecule has 0 radical (unpaired) electrons. The van der Waals surface area contributed by atoms with Crippen molar-refractivity contribution in [2.75, 3.05) is 13.9 Å². The van der Waals surface area contributed by atoms with Crippen molar-refractivity contribution < 1.29 is 39.5 Å². The molecule has 0 saturated heterocycles. The summed E-state index contributed by atoms with van der Waals surface area (Å²) in [6.45, 7) is 54.9. The first-order valence-electron chi connectivity index (χ1n) is 31.9. The highest BCUT2D eigenvalue weighted by atomic mass is 18.2. The second-order valence-electron chi connectivity index (χ2n) is 31.7. The van der Waals surface area contributed by atoms with E-state index in [9.17, 15) is 39.5 Å². The van der Waals surface area contributed by atoms with Crippen LogP contribution in [-0.4, -0.2) is 53.7 Å². The average molecular weight is 1500 g/mol. The highest BCUT2D eigenvalue weighted by Gasteiger charge is 2.21. The van der Waals surface area contributed by atoms with Crippen LogP contribution >= 0.6 is 0 Å². The summed E-state index contributed by atoms with van der Waals surface area (Å²) in [5.41, 5.74) is 7.36. The van der Waals surface area contributed by atoms with Crippen molar-refractivity contribution in [2.24, 2.45) is 5.41 Å².